The fourth-order valence-electron chi connectivity index (χ4n) is 1.95. The zero-order chi connectivity index (χ0) is 13.0. The van der Waals surface area contributed by atoms with Crippen LogP contribution in [0.15, 0.2) is 41.1 Å². The second-order valence-electron chi connectivity index (χ2n) is 4.40. The predicted octanol–water partition coefficient (Wildman–Crippen LogP) is 2.51. The lowest BCUT2D eigenvalue weighted by molar-refractivity contribution is 0.0998. The first-order valence-electron chi connectivity index (χ1n) is 5.96. The summed E-state index contributed by atoms with van der Waals surface area (Å²) < 4.78 is 4.83. The van der Waals surface area contributed by atoms with Crippen LogP contribution in [0, 0.1) is 0 Å². The van der Waals surface area contributed by atoms with Crippen molar-refractivity contribution in [3.8, 4) is 0 Å². The number of nitrogens with zero attached hydrogens (tertiary/aromatic N) is 1. The molecule has 0 spiro atoms. The van der Waals surface area contributed by atoms with Gasteiger partial charge >= 0.3 is 0 Å². The molecule has 0 aliphatic heterocycles. The molecule has 1 aromatic heterocycles. The van der Waals surface area contributed by atoms with E-state index in [-0.39, 0.29) is 5.92 Å². The van der Waals surface area contributed by atoms with Crippen molar-refractivity contribution in [2.75, 3.05) is 0 Å². The zero-order valence-corrected chi connectivity index (χ0v) is 10.3. The molecule has 4 heteroatoms. The van der Waals surface area contributed by atoms with Gasteiger partial charge in [-0.1, -0.05) is 42.4 Å². The zero-order valence-electron chi connectivity index (χ0n) is 10.3. The van der Waals surface area contributed by atoms with Gasteiger partial charge < -0.3 is 10.3 Å². The third kappa shape index (κ3) is 2.77. The van der Waals surface area contributed by atoms with E-state index < -0.39 is 5.91 Å². The smallest absolute Gasteiger partial charge is 0.253 e. The summed E-state index contributed by atoms with van der Waals surface area (Å²) in [6.07, 6.45) is 3.15. The summed E-state index contributed by atoms with van der Waals surface area (Å²) in [7, 11) is 0. The molecule has 2 rings (SSSR count). The first-order valence-corrected chi connectivity index (χ1v) is 5.96. The van der Waals surface area contributed by atoms with Crippen molar-refractivity contribution in [2.45, 2.75) is 25.7 Å². The Kier molecular flexibility index (Phi) is 3.77. The molecule has 0 aliphatic rings. The number of primary amides is 1. The van der Waals surface area contributed by atoms with Crippen LogP contribution in [-0.4, -0.2) is 11.1 Å². The van der Waals surface area contributed by atoms with E-state index in [9.17, 15) is 4.79 Å². The Morgan fingerprint density at radius 3 is 2.78 bits per heavy atom. The minimum absolute atomic E-state index is 0.145. The Morgan fingerprint density at radius 2 is 2.11 bits per heavy atom. The highest BCUT2D eigenvalue weighted by atomic mass is 16.5. The number of aryl methyl sites for hydroxylation is 1. The van der Waals surface area contributed by atoms with E-state index in [1.165, 1.54) is 11.8 Å². The van der Waals surface area contributed by atoms with Crippen molar-refractivity contribution < 1.29 is 9.32 Å². The van der Waals surface area contributed by atoms with Crippen LogP contribution in [0.1, 0.15) is 40.9 Å². The van der Waals surface area contributed by atoms with Gasteiger partial charge in [-0.15, -0.1) is 0 Å². The Balaban J connectivity index is 2.02. The van der Waals surface area contributed by atoms with E-state index in [0.29, 0.717) is 11.3 Å². The van der Waals surface area contributed by atoms with Gasteiger partial charge in [0.1, 0.15) is 11.8 Å². The first-order chi connectivity index (χ1) is 8.68. The molecule has 0 radical (unpaired) electrons. The molecule has 4 nitrogen and oxygen atoms in total. The number of benzene rings is 1. The van der Waals surface area contributed by atoms with Crippen molar-refractivity contribution in [3.05, 3.63) is 53.4 Å². The summed E-state index contributed by atoms with van der Waals surface area (Å²) in [5.74, 6) is -0.343. The molecule has 0 fully saturated rings. The van der Waals surface area contributed by atoms with Crippen molar-refractivity contribution in [1.82, 2.24) is 5.16 Å². The van der Waals surface area contributed by atoms with Crippen molar-refractivity contribution in [2.24, 2.45) is 5.73 Å². The van der Waals surface area contributed by atoms with Crippen LogP contribution in [0.25, 0.3) is 0 Å². The monoisotopic (exact) mass is 244 g/mol. The van der Waals surface area contributed by atoms with Crippen LogP contribution < -0.4 is 5.73 Å². The molecule has 2 aromatic rings. The maximum absolute atomic E-state index is 11.2. The highest BCUT2D eigenvalue weighted by molar-refractivity contribution is 5.93. The summed E-state index contributed by atoms with van der Waals surface area (Å²) in [5.41, 5.74) is 7.57. The minimum atomic E-state index is -0.488. The normalized spacial score (nSPS) is 12.3. The highest BCUT2D eigenvalue weighted by Gasteiger charge is 2.18. The quantitative estimate of drug-likeness (QED) is 0.878. The minimum Gasteiger partial charge on any atom is -0.365 e. The average Bonchev–Trinajstić information content (AvgIpc) is 2.86. The molecule has 18 heavy (non-hydrogen) atoms. The van der Waals surface area contributed by atoms with Crippen LogP contribution >= 0.6 is 0 Å². The molecule has 1 aromatic carbocycles. The van der Waals surface area contributed by atoms with Crippen LogP contribution in [-0.2, 0) is 6.42 Å². The van der Waals surface area contributed by atoms with E-state index in [0.717, 1.165) is 12.8 Å². The third-order valence-electron chi connectivity index (χ3n) is 3.04. The maximum atomic E-state index is 11.2. The van der Waals surface area contributed by atoms with Crippen LogP contribution in [0.5, 0.6) is 0 Å². The number of hydrogen-bond donors (Lipinski definition) is 1. The summed E-state index contributed by atoms with van der Waals surface area (Å²) >= 11 is 0. The summed E-state index contributed by atoms with van der Waals surface area (Å²) in [6.45, 7) is 2.02. The second-order valence-corrected chi connectivity index (χ2v) is 4.40. The van der Waals surface area contributed by atoms with E-state index in [2.05, 4.69) is 17.3 Å². The number of amides is 1. The number of carbonyl (C=O) groups is 1. The van der Waals surface area contributed by atoms with Gasteiger partial charge in [-0.25, -0.2) is 0 Å². The fourth-order valence-corrected chi connectivity index (χ4v) is 1.95. The lowest BCUT2D eigenvalue weighted by atomic mass is 9.96. The third-order valence-corrected chi connectivity index (χ3v) is 3.04. The lowest BCUT2D eigenvalue weighted by Gasteiger charge is -2.09. The van der Waals surface area contributed by atoms with E-state index in [1.807, 2.05) is 25.1 Å². The molecule has 0 aliphatic carbocycles. The van der Waals surface area contributed by atoms with Crippen molar-refractivity contribution in [1.29, 1.82) is 0 Å². The average molecular weight is 244 g/mol. The number of hydrogen-bond acceptors (Lipinski definition) is 3. The molecule has 1 atom stereocenters. The number of nitrogens with two attached hydrogens (primary N) is 1. The second kappa shape index (κ2) is 5.49. The van der Waals surface area contributed by atoms with Crippen LogP contribution in [0.4, 0.5) is 0 Å². The Labute approximate surface area is 106 Å². The predicted molar refractivity (Wildman–Crippen MR) is 68.2 cm³/mol. The molecular weight excluding hydrogens is 228 g/mol. The largest absolute Gasteiger partial charge is 0.365 e. The SMILES string of the molecule is CC(CCc1ccccc1)c1nocc1C(N)=O. The molecule has 2 N–H and O–H groups in total. The lowest BCUT2D eigenvalue weighted by Crippen LogP contribution is -2.13. The number of aromatic nitrogens is 1. The van der Waals surface area contributed by atoms with Gasteiger partial charge in [-0.2, -0.15) is 0 Å². The molecule has 0 saturated heterocycles. The molecular formula is C14H16N2O2. The van der Waals surface area contributed by atoms with Gasteiger partial charge in [-0.3, -0.25) is 4.79 Å². The Bertz CT molecular complexity index is 520. The van der Waals surface area contributed by atoms with E-state index in [1.54, 1.807) is 0 Å². The highest BCUT2D eigenvalue weighted by Crippen LogP contribution is 2.23. The fraction of sp³-hybridized carbons (Fsp3) is 0.286. The molecule has 0 saturated carbocycles. The van der Waals surface area contributed by atoms with Crippen LogP contribution in [0.3, 0.4) is 0 Å². The topological polar surface area (TPSA) is 69.1 Å². The van der Waals surface area contributed by atoms with Gasteiger partial charge in [0.15, 0.2) is 0 Å². The van der Waals surface area contributed by atoms with E-state index >= 15 is 0 Å². The van der Waals surface area contributed by atoms with Gasteiger partial charge in [-0.05, 0) is 18.4 Å². The van der Waals surface area contributed by atoms with Gasteiger partial charge in [0.25, 0.3) is 5.91 Å². The standard InChI is InChI=1S/C14H16N2O2/c1-10(7-8-11-5-3-2-4-6-11)13-12(14(15)17)9-18-16-13/h2-6,9-10H,7-8H2,1H3,(H2,15,17). The first kappa shape index (κ1) is 12.4. The molecule has 1 unspecified atom stereocenters. The molecule has 0 bridgehead atoms. The van der Waals surface area contributed by atoms with Gasteiger partial charge in [0.2, 0.25) is 0 Å². The van der Waals surface area contributed by atoms with Gasteiger partial charge in [0, 0.05) is 5.92 Å². The Hall–Kier alpha value is -2.10. The number of carbonyl (C=O) groups excluding carboxylic acids is 1. The summed E-state index contributed by atoms with van der Waals surface area (Å²) in [5, 5.41) is 3.87. The maximum Gasteiger partial charge on any atom is 0.253 e. The Morgan fingerprint density at radius 1 is 1.39 bits per heavy atom. The molecule has 1 amide bonds. The van der Waals surface area contributed by atoms with Crippen molar-refractivity contribution in [3.63, 3.8) is 0 Å². The van der Waals surface area contributed by atoms with Gasteiger partial charge in [0.05, 0.1) is 5.69 Å². The molecule has 1 heterocycles. The summed E-state index contributed by atoms with van der Waals surface area (Å²) in [4.78, 5) is 11.2. The number of rotatable bonds is 5. The van der Waals surface area contributed by atoms with Crippen molar-refractivity contribution >= 4 is 5.91 Å². The summed E-state index contributed by atoms with van der Waals surface area (Å²) in [6, 6.07) is 10.2. The molecule has 94 valence electrons. The van der Waals surface area contributed by atoms with Crippen LogP contribution in [0.2, 0.25) is 0 Å². The van der Waals surface area contributed by atoms with E-state index in [4.69, 9.17) is 10.3 Å².